The number of benzene rings is 2. The van der Waals surface area contributed by atoms with Crippen molar-refractivity contribution in [3.8, 4) is 0 Å². The highest BCUT2D eigenvalue weighted by Crippen LogP contribution is 2.45. The fourth-order valence-corrected chi connectivity index (χ4v) is 2.69. The maximum absolute atomic E-state index is 12.9. The Labute approximate surface area is 128 Å². The van der Waals surface area contributed by atoms with E-state index in [4.69, 9.17) is 0 Å². The Balaban J connectivity index is 1.72. The predicted octanol–water partition coefficient (Wildman–Crippen LogP) is 2.85. The summed E-state index contributed by atoms with van der Waals surface area (Å²) in [5.74, 6) is -0.520. The lowest BCUT2D eigenvalue weighted by atomic mass is 9.88. The molecule has 1 aliphatic carbocycles. The largest absolute Gasteiger partial charge is 0.383 e. The Morgan fingerprint density at radius 2 is 1.77 bits per heavy atom. The molecule has 0 aliphatic heterocycles. The van der Waals surface area contributed by atoms with Crippen molar-refractivity contribution >= 4 is 5.91 Å². The van der Waals surface area contributed by atoms with Crippen LogP contribution in [0, 0.1) is 11.7 Å². The molecule has 1 atom stereocenters. The first-order valence-electron chi connectivity index (χ1n) is 7.41. The highest BCUT2D eigenvalue weighted by molar-refractivity contribution is 5.94. The molecule has 2 aromatic rings. The van der Waals surface area contributed by atoms with E-state index >= 15 is 0 Å². The molecule has 2 N–H and O–H groups in total. The van der Waals surface area contributed by atoms with Crippen LogP contribution in [0.25, 0.3) is 0 Å². The molecular formula is C18H18FNO2. The van der Waals surface area contributed by atoms with Gasteiger partial charge in [-0.25, -0.2) is 4.39 Å². The van der Waals surface area contributed by atoms with E-state index in [2.05, 4.69) is 5.32 Å². The van der Waals surface area contributed by atoms with Gasteiger partial charge < -0.3 is 10.4 Å². The first kappa shape index (κ1) is 14.7. The lowest BCUT2D eigenvalue weighted by Crippen LogP contribution is -2.42. The van der Waals surface area contributed by atoms with Gasteiger partial charge in [0, 0.05) is 5.56 Å². The minimum Gasteiger partial charge on any atom is -0.383 e. The molecule has 22 heavy (non-hydrogen) atoms. The molecule has 0 heterocycles. The van der Waals surface area contributed by atoms with E-state index in [-0.39, 0.29) is 24.2 Å². The standard InChI is InChI=1S/C18H18FNO2/c19-16-10-6-13(7-11-16)17(21)20-12-18(22,15-8-9-15)14-4-2-1-3-5-14/h1-7,10-11,15,22H,8-9,12H2,(H,20,21). The summed E-state index contributed by atoms with van der Waals surface area (Å²) in [5.41, 5.74) is 0.154. The van der Waals surface area contributed by atoms with Crippen LogP contribution >= 0.6 is 0 Å². The van der Waals surface area contributed by atoms with Crippen molar-refractivity contribution in [3.05, 3.63) is 71.5 Å². The highest BCUT2D eigenvalue weighted by Gasteiger charge is 2.45. The van der Waals surface area contributed by atoms with Crippen LogP contribution in [0.2, 0.25) is 0 Å². The Kier molecular flexibility index (Phi) is 3.94. The summed E-state index contributed by atoms with van der Waals surface area (Å²) in [6, 6.07) is 14.8. The van der Waals surface area contributed by atoms with Gasteiger partial charge in [0.2, 0.25) is 0 Å². The summed E-state index contributed by atoms with van der Waals surface area (Å²) in [7, 11) is 0. The Bertz CT molecular complexity index is 653. The third kappa shape index (κ3) is 3.02. The smallest absolute Gasteiger partial charge is 0.251 e. The number of aliphatic hydroxyl groups is 1. The third-order valence-corrected chi connectivity index (χ3v) is 4.15. The van der Waals surface area contributed by atoms with E-state index in [1.165, 1.54) is 24.3 Å². The maximum atomic E-state index is 12.9. The molecule has 1 aliphatic rings. The Morgan fingerprint density at radius 1 is 1.14 bits per heavy atom. The van der Waals surface area contributed by atoms with Crippen LogP contribution in [0.5, 0.6) is 0 Å². The van der Waals surface area contributed by atoms with Crippen molar-refractivity contribution in [1.82, 2.24) is 5.32 Å². The van der Waals surface area contributed by atoms with E-state index < -0.39 is 5.60 Å². The molecule has 2 aromatic carbocycles. The van der Waals surface area contributed by atoms with Gasteiger partial charge >= 0.3 is 0 Å². The second kappa shape index (κ2) is 5.89. The molecule has 0 saturated heterocycles. The minimum atomic E-state index is -1.04. The van der Waals surface area contributed by atoms with Gasteiger partial charge in [0.1, 0.15) is 11.4 Å². The fraction of sp³-hybridized carbons (Fsp3) is 0.278. The zero-order valence-electron chi connectivity index (χ0n) is 12.1. The zero-order valence-corrected chi connectivity index (χ0v) is 12.1. The second-order valence-electron chi connectivity index (χ2n) is 5.75. The molecule has 0 aromatic heterocycles. The zero-order chi connectivity index (χ0) is 15.6. The first-order chi connectivity index (χ1) is 10.6. The number of amides is 1. The lowest BCUT2D eigenvalue weighted by Gasteiger charge is -2.29. The van der Waals surface area contributed by atoms with Crippen LogP contribution in [-0.4, -0.2) is 17.6 Å². The van der Waals surface area contributed by atoms with Crippen molar-refractivity contribution in [2.45, 2.75) is 18.4 Å². The summed E-state index contributed by atoms with van der Waals surface area (Å²) in [6.45, 7) is 0.151. The monoisotopic (exact) mass is 299 g/mol. The molecule has 0 bridgehead atoms. The average Bonchev–Trinajstić information content (AvgIpc) is 3.39. The average molecular weight is 299 g/mol. The highest BCUT2D eigenvalue weighted by atomic mass is 19.1. The van der Waals surface area contributed by atoms with Crippen molar-refractivity contribution in [2.75, 3.05) is 6.54 Å². The quantitative estimate of drug-likeness (QED) is 0.892. The topological polar surface area (TPSA) is 49.3 Å². The lowest BCUT2D eigenvalue weighted by molar-refractivity contribution is 0.0135. The van der Waals surface area contributed by atoms with Crippen molar-refractivity contribution in [3.63, 3.8) is 0 Å². The van der Waals surface area contributed by atoms with Crippen LogP contribution in [0.4, 0.5) is 4.39 Å². The molecule has 1 fully saturated rings. The molecule has 4 heteroatoms. The molecule has 1 amide bonds. The number of halogens is 1. The van der Waals surface area contributed by atoms with Gasteiger partial charge in [-0.1, -0.05) is 30.3 Å². The van der Waals surface area contributed by atoms with Gasteiger partial charge in [-0.15, -0.1) is 0 Å². The van der Waals surface area contributed by atoms with Crippen LogP contribution in [0.1, 0.15) is 28.8 Å². The van der Waals surface area contributed by atoms with Gasteiger partial charge in [-0.05, 0) is 48.6 Å². The molecule has 3 nitrogen and oxygen atoms in total. The molecule has 0 radical (unpaired) electrons. The number of rotatable bonds is 5. The van der Waals surface area contributed by atoms with E-state index in [1.54, 1.807) is 0 Å². The summed E-state index contributed by atoms with van der Waals surface area (Å²) in [6.07, 6.45) is 1.91. The molecule has 1 unspecified atom stereocenters. The van der Waals surface area contributed by atoms with E-state index in [9.17, 15) is 14.3 Å². The van der Waals surface area contributed by atoms with Gasteiger partial charge in [0.25, 0.3) is 5.91 Å². The summed E-state index contributed by atoms with van der Waals surface area (Å²) >= 11 is 0. The van der Waals surface area contributed by atoms with E-state index in [0.717, 1.165) is 18.4 Å². The summed E-state index contributed by atoms with van der Waals surface area (Å²) in [5, 5.41) is 13.8. The molecule has 1 saturated carbocycles. The maximum Gasteiger partial charge on any atom is 0.251 e. The fourth-order valence-electron chi connectivity index (χ4n) is 2.69. The number of hydrogen-bond acceptors (Lipinski definition) is 2. The van der Waals surface area contributed by atoms with Crippen LogP contribution in [0.15, 0.2) is 54.6 Å². The van der Waals surface area contributed by atoms with E-state index in [1.807, 2.05) is 30.3 Å². The van der Waals surface area contributed by atoms with Gasteiger partial charge in [-0.2, -0.15) is 0 Å². The molecule has 0 spiro atoms. The van der Waals surface area contributed by atoms with Crippen LogP contribution in [-0.2, 0) is 5.60 Å². The predicted molar refractivity (Wildman–Crippen MR) is 81.8 cm³/mol. The summed E-state index contributed by atoms with van der Waals surface area (Å²) in [4.78, 5) is 12.1. The Morgan fingerprint density at radius 3 is 2.36 bits per heavy atom. The van der Waals surface area contributed by atoms with Gasteiger partial charge in [0.05, 0.1) is 6.54 Å². The van der Waals surface area contributed by atoms with Crippen LogP contribution < -0.4 is 5.32 Å². The van der Waals surface area contributed by atoms with Crippen molar-refractivity contribution in [1.29, 1.82) is 0 Å². The van der Waals surface area contributed by atoms with Crippen molar-refractivity contribution < 1.29 is 14.3 Å². The summed E-state index contributed by atoms with van der Waals surface area (Å²) < 4.78 is 12.9. The van der Waals surface area contributed by atoms with Crippen LogP contribution in [0.3, 0.4) is 0 Å². The molecular weight excluding hydrogens is 281 g/mol. The molecule has 3 rings (SSSR count). The van der Waals surface area contributed by atoms with E-state index in [0.29, 0.717) is 5.56 Å². The molecule has 114 valence electrons. The SMILES string of the molecule is O=C(NCC(O)(c1ccccc1)C1CC1)c1ccc(F)cc1. The number of carbonyl (C=O) groups is 1. The van der Waals surface area contributed by atoms with Crippen molar-refractivity contribution in [2.24, 2.45) is 5.92 Å². The second-order valence-corrected chi connectivity index (χ2v) is 5.75. The number of nitrogens with one attached hydrogen (secondary N) is 1. The minimum absolute atomic E-state index is 0.151. The van der Waals surface area contributed by atoms with Gasteiger partial charge in [0.15, 0.2) is 0 Å². The normalized spacial score (nSPS) is 16.8. The third-order valence-electron chi connectivity index (χ3n) is 4.15. The van der Waals surface area contributed by atoms with Gasteiger partial charge in [-0.3, -0.25) is 4.79 Å². The first-order valence-corrected chi connectivity index (χ1v) is 7.41. The number of hydrogen-bond donors (Lipinski definition) is 2. The number of carbonyl (C=O) groups excluding carboxylic acids is 1. The Hall–Kier alpha value is -2.20.